The van der Waals surface area contributed by atoms with E-state index < -0.39 is 0 Å². The fraction of sp³-hybridized carbons (Fsp3) is 0.850. The van der Waals surface area contributed by atoms with Gasteiger partial charge in [0.25, 0.3) is 0 Å². The summed E-state index contributed by atoms with van der Waals surface area (Å²) >= 11 is 0. The molecule has 0 amide bonds. The van der Waals surface area contributed by atoms with Crippen LogP contribution in [0.5, 0.6) is 0 Å². The third kappa shape index (κ3) is 17.3. The van der Waals surface area contributed by atoms with Crippen molar-refractivity contribution < 1.29 is 5.11 Å². The maximum atomic E-state index is 11.2. The average Bonchev–Trinajstić information content (AvgIpc) is 2.51. The highest BCUT2D eigenvalue weighted by Gasteiger charge is 1.91. The van der Waals surface area contributed by atoms with Gasteiger partial charge in [0.15, 0.2) is 0 Å². The largest absolute Gasteiger partial charge is 0.862 e. The maximum absolute atomic E-state index is 11.2. The normalized spacial score (nSPS) is 12.4. The number of nitrogens with zero attached hydrogens (tertiary/aromatic N) is 1. The summed E-state index contributed by atoms with van der Waals surface area (Å²) in [6.07, 6.45) is 22.2. The van der Waals surface area contributed by atoms with Gasteiger partial charge in [-0.25, -0.2) is 0 Å². The molecule has 0 saturated carbocycles. The minimum absolute atomic E-state index is 0.0835. The van der Waals surface area contributed by atoms with E-state index in [1.54, 1.807) is 0 Å². The number of rotatable bonds is 16. The van der Waals surface area contributed by atoms with Gasteiger partial charge in [-0.3, -0.25) is 0 Å². The molecular formula is C20H38NO-. The minimum atomic E-state index is 0.0835. The molecule has 0 aromatic rings. The lowest BCUT2D eigenvalue weighted by atomic mass is 10.1. The molecule has 130 valence electrons. The molecule has 0 heterocycles. The Hall–Kier alpha value is -0.790. The highest BCUT2D eigenvalue weighted by atomic mass is 16.3. The molecule has 0 aliphatic heterocycles. The van der Waals surface area contributed by atoms with Crippen molar-refractivity contribution in [3.8, 4) is 0 Å². The lowest BCUT2D eigenvalue weighted by molar-refractivity contribution is -0.219. The first kappa shape index (κ1) is 21.2. The molecule has 0 bridgehead atoms. The quantitative estimate of drug-likeness (QED) is 0.153. The molecule has 0 spiro atoms. The molecule has 0 unspecified atom stereocenters. The van der Waals surface area contributed by atoms with Crippen LogP contribution in [0, 0.1) is 0 Å². The minimum Gasteiger partial charge on any atom is -0.862 e. The van der Waals surface area contributed by atoms with Gasteiger partial charge in [0.2, 0.25) is 0 Å². The molecule has 0 aromatic heterocycles. The van der Waals surface area contributed by atoms with E-state index in [9.17, 15) is 5.11 Å². The first-order valence-corrected chi connectivity index (χ1v) is 9.66. The third-order valence-corrected chi connectivity index (χ3v) is 3.99. The standard InChI is InChI=1S/C20H39NO/c1-3-5-6-7-8-9-10-11-12-13-14-15-16-17-18-19-20(22)21-4-2/h11-12H,3-10,13-19H2,1-2H3,(H,21,22)/p-1/b12-11-. The van der Waals surface area contributed by atoms with Gasteiger partial charge in [-0.1, -0.05) is 70.4 Å². The molecule has 0 aromatic carbocycles. The molecule has 0 N–H and O–H groups in total. The van der Waals surface area contributed by atoms with Crippen LogP contribution in [0.15, 0.2) is 17.1 Å². The van der Waals surface area contributed by atoms with E-state index >= 15 is 0 Å². The van der Waals surface area contributed by atoms with Gasteiger partial charge in [-0.05, 0) is 51.3 Å². The number of aliphatic imine (C=N–C) groups is 1. The summed E-state index contributed by atoms with van der Waals surface area (Å²) < 4.78 is 0. The summed E-state index contributed by atoms with van der Waals surface area (Å²) in [7, 11) is 0. The van der Waals surface area contributed by atoms with Crippen LogP contribution in [0.3, 0.4) is 0 Å². The molecule has 2 nitrogen and oxygen atoms in total. The van der Waals surface area contributed by atoms with E-state index in [1.165, 1.54) is 77.0 Å². The van der Waals surface area contributed by atoms with Crippen LogP contribution in [-0.4, -0.2) is 12.4 Å². The predicted octanol–water partition coefficient (Wildman–Crippen LogP) is 5.80. The number of allylic oxidation sites excluding steroid dienone is 2. The maximum Gasteiger partial charge on any atom is 0.0349 e. The molecule has 0 rings (SSSR count). The summed E-state index contributed by atoms with van der Waals surface area (Å²) in [4.78, 5) is 3.88. The van der Waals surface area contributed by atoms with Crippen LogP contribution >= 0.6 is 0 Å². The van der Waals surface area contributed by atoms with Crippen molar-refractivity contribution in [3.63, 3.8) is 0 Å². The van der Waals surface area contributed by atoms with Crippen molar-refractivity contribution in [1.29, 1.82) is 0 Å². The Bertz CT molecular complexity index is 271. The van der Waals surface area contributed by atoms with Crippen LogP contribution in [0.1, 0.15) is 104 Å². The van der Waals surface area contributed by atoms with Crippen molar-refractivity contribution in [2.24, 2.45) is 4.99 Å². The second-order valence-electron chi connectivity index (χ2n) is 6.20. The van der Waals surface area contributed by atoms with Crippen molar-refractivity contribution in [1.82, 2.24) is 0 Å². The zero-order chi connectivity index (χ0) is 16.3. The van der Waals surface area contributed by atoms with Gasteiger partial charge in [0.05, 0.1) is 0 Å². The van der Waals surface area contributed by atoms with Crippen molar-refractivity contribution >= 4 is 5.90 Å². The molecule has 0 atom stereocenters. The molecule has 0 radical (unpaired) electrons. The van der Waals surface area contributed by atoms with Gasteiger partial charge in [0, 0.05) is 6.54 Å². The number of hydrogen-bond donors (Lipinski definition) is 0. The van der Waals surface area contributed by atoms with Crippen molar-refractivity contribution in [2.75, 3.05) is 6.54 Å². The zero-order valence-electron chi connectivity index (χ0n) is 15.1. The Labute approximate surface area is 139 Å². The Kier molecular flexibility index (Phi) is 17.6. The average molecular weight is 309 g/mol. The first-order valence-electron chi connectivity index (χ1n) is 9.66. The van der Waals surface area contributed by atoms with Gasteiger partial charge < -0.3 is 10.1 Å². The third-order valence-electron chi connectivity index (χ3n) is 3.99. The van der Waals surface area contributed by atoms with Crippen LogP contribution < -0.4 is 5.11 Å². The Balaban J connectivity index is 3.16. The predicted molar refractivity (Wildman–Crippen MR) is 97.4 cm³/mol. The SMILES string of the molecule is CCCCCCCC/C=C\CCCCCCCC([O-])=NCC. The fourth-order valence-corrected chi connectivity index (χ4v) is 2.60. The van der Waals surface area contributed by atoms with Crippen LogP contribution in [0.2, 0.25) is 0 Å². The Morgan fingerprint density at radius 3 is 1.77 bits per heavy atom. The summed E-state index contributed by atoms with van der Waals surface area (Å²) in [5.74, 6) is 0.0835. The van der Waals surface area contributed by atoms with Crippen molar-refractivity contribution in [3.05, 3.63) is 12.2 Å². The molecule has 0 fully saturated rings. The summed E-state index contributed by atoms with van der Waals surface area (Å²) in [5.41, 5.74) is 0. The molecule has 0 saturated heterocycles. The van der Waals surface area contributed by atoms with E-state index in [0.717, 1.165) is 6.42 Å². The highest BCUT2D eigenvalue weighted by molar-refractivity contribution is 5.71. The molecule has 22 heavy (non-hydrogen) atoms. The van der Waals surface area contributed by atoms with Crippen LogP contribution in [0.4, 0.5) is 0 Å². The van der Waals surface area contributed by atoms with E-state index in [0.29, 0.717) is 13.0 Å². The lowest BCUT2D eigenvalue weighted by Gasteiger charge is -2.09. The van der Waals surface area contributed by atoms with Crippen molar-refractivity contribution in [2.45, 2.75) is 104 Å². The fourth-order valence-electron chi connectivity index (χ4n) is 2.60. The second-order valence-corrected chi connectivity index (χ2v) is 6.20. The molecule has 0 aliphatic rings. The zero-order valence-corrected chi connectivity index (χ0v) is 15.1. The number of unbranched alkanes of at least 4 members (excludes halogenated alkanes) is 11. The van der Waals surface area contributed by atoms with Crippen LogP contribution in [0.25, 0.3) is 0 Å². The highest BCUT2D eigenvalue weighted by Crippen LogP contribution is 2.09. The Morgan fingerprint density at radius 2 is 1.23 bits per heavy atom. The molecular weight excluding hydrogens is 270 g/mol. The van der Waals surface area contributed by atoms with E-state index in [4.69, 9.17) is 0 Å². The second kappa shape index (κ2) is 18.3. The lowest BCUT2D eigenvalue weighted by Crippen LogP contribution is -2.17. The van der Waals surface area contributed by atoms with Crippen LogP contribution in [-0.2, 0) is 0 Å². The molecule has 0 aliphatic carbocycles. The Morgan fingerprint density at radius 1 is 0.727 bits per heavy atom. The topological polar surface area (TPSA) is 35.4 Å². The van der Waals surface area contributed by atoms with Gasteiger partial charge in [0.1, 0.15) is 0 Å². The van der Waals surface area contributed by atoms with Gasteiger partial charge in [-0.15, -0.1) is 0 Å². The van der Waals surface area contributed by atoms with Gasteiger partial charge >= 0.3 is 0 Å². The van der Waals surface area contributed by atoms with E-state index in [-0.39, 0.29) is 5.90 Å². The summed E-state index contributed by atoms with van der Waals surface area (Å²) in [6.45, 7) is 4.81. The van der Waals surface area contributed by atoms with E-state index in [1.807, 2.05) is 6.92 Å². The van der Waals surface area contributed by atoms with E-state index in [2.05, 4.69) is 24.1 Å². The molecule has 2 heteroatoms. The number of hydrogen-bond acceptors (Lipinski definition) is 2. The van der Waals surface area contributed by atoms with Gasteiger partial charge in [-0.2, -0.15) is 0 Å². The first-order chi connectivity index (χ1) is 10.8. The smallest absolute Gasteiger partial charge is 0.0349 e. The summed E-state index contributed by atoms with van der Waals surface area (Å²) in [5, 5.41) is 11.2. The summed E-state index contributed by atoms with van der Waals surface area (Å²) in [6, 6.07) is 0. The monoisotopic (exact) mass is 308 g/mol.